The van der Waals surface area contributed by atoms with Gasteiger partial charge in [0.05, 0.1) is 22.4 Å². The largest absolute Gasteiger partial charge is 0.478 e. The third kappa shape index (κ3) is 4.71. The molecule has 0 heterocycles. The second kappa shape index (κ2) is 6.90. The highest BCUT2D eigenvalue weighted by atomic mass is 35.5. The summed E-state index contributed by atoms with van der Waals surface area (Å²) in [6, 6.07) is 9.75. The molecule has 2 aromatic carbocycles. The van der Waals surface area contributed by atoms with Gasteiger partial charge < -0.3 is 10.4 Å². The summed E-state index contributed by atoms with van der Waals surface area (Å²) >= 11 is 6.01. The molecule has 0 saturated heterocycles. The number of carbonyl (C=O) groups excluding carboxylic acids is 1. The van der Waals surface area contributed by atoms with Crippen LogP contribution in [0.15, 0.2) is 42.5 Å². The number of hydrogen-bond donors (Lipinski definition) is 3. The molecule has 0 saturated carbocycles. The van der Waals surface area contributed by atoms with E-state index in [-0.39, 0.29) is 21.8 Å². The Kier molecular flexibility index (Phi) is 5.10. The van der Waals surface area contributed by atoms with E-state index < -0.39 is 21.9 Å². The SMILES string of the molecule is CS(=O)(=O)Nc1ccc(C(=O)Nc2ccc(C(=O)O)cc2)c(Cl)c1. The number of aromatic carboxylic acids is 1. The molecule has 9 heteroatoms. The van der Waals surface area contributed by atoms with Crippen molar-refractivity contribution >= 4 is 44.9 Å². The van der Waals surface area contributed by atoms with E-state index in [9.17, 15) is 18.0 Å². The summed E-state index contributed by atoms with van der Waals surface area (Å²) in [5.74, 6) is -1.57. The molecule has 0 unspecified atom stereocenters. The van der Waals surface area contributed by atoms with E-state index in [2.05, 4.69) is 10.0 Å². The molecule has 0 bridgehead atoms. The van der Waals surface area contributed by atoms with Crippen LogP contribution in [0.2, 0.25) is 5.02 Å². The number of halogens is 1. The minimum absolute atomic E-state index is 0.0725. The first-order chi connectivity index (χ1) is 11.2. The Morgan fingerprint density at radius 2 is 1.62 bits per heavy atom. The number of carboxylic acid groups (broad SMARTS) is 1. The Labute approximate surface area is 143 Å². The summed E-state index contributed by atoms with van der Waals surface area (Å²) in [5, 5.41) is 11.5. The van der Waals surface area contributed by atoms with E-state index in [0.717, 1.165) is 6.26 Å². The van der Waals surface area contributed by atoms with Crippen LogP contribution in [0.5, 0.6) is 0 Å². The lowest BCUT2D eigenvalue weighted by molar-refractivity contribution is 0.0696. The van der Waals surface area contributed by atoms with Crippen LogP contribution in [0, 0.1) is 0 Å². The lowest BCUT2D eigenvalue weighted by Crippen LogP contribution is -2.14. The molecular weight excluding hydrogens is 356 g/mol. The quantitative estimate of drug-likeness (QED) is 0.751. The van der Waals surface area contributed by atoms with Gasteiger partial charge in [-0.2, -0.15) is 0 Å². The molecule has 0 radical (unpaired) electrons. The van der Waals surface area contributed by atoms with Gasteiger partial charge in [0.1, 0.15) is 0 Å². The average molecular weight is 369 g/mol. The lowest BCUT2D eigenvalue weighted by Gasteiger charge is -2.09. The third-order valence-corrected chi connectivity index (χ3v) is 3.83. The normalized spacial score (nSPS) is 10.9. The van der Waals surface area contributed by atoms with Gasteiger partial charge in [0, 0.05) is 11.4 Å². The van der Waals surface area contributed by atoms with Crippen LogP contribution < -0.4 is 10.0 Å². The number of hydrogen-bond acceptors (Lipinski definition) is 4. The minimum atomic E-state index is -3.44. The van der Waals surface area contributed by atoms with Crippen molar-refractivity contribution in [2.75, 3.05) is 16.3 Å². The predicted octanol–water partition coefficient (Wildman–Crippen LogP) is 2.66. The van der Waals surface area contributed by atoms with Gasteiger partial charge in [-0.05, 0) is 42.5 Å². The van der Waals surface area contributed by atoms with Crippen molar-refractivity contribution in [3.63, 3.8) is 0 Å². The van der Waals surface area contributed by atoms with Crippen LogP contribution in [0.1, 0.15) is 20.7 Å². The van der Waals surface area contributed by atoms with Crippen LogP contribution in [-0.4, -0.2) is 31.7 Å². The van der Waals surface area contributed by atoms with Gasteiger partial charge in [-0.15, -0.1) is 0 Å². The Morgan fingerprint density at radius 1 is 1.04 bits per heavy atom. The van der Waals surface area contributed by atoms with Crippen molar-refractivity contribution in [1.82, 2.24) is 0 Å². The molecule has 0 aliphatic carbocycles. The molecule has 2 aromatic rings. The maximum absolute atomic E-state index is 12.2. The molecule has 3 N–H and O–H groups in total. The first-order valence-corrected chi connectivity index (χ1v) is 8.85. The first kappa shape index (κ1) is 17.8. The maximum atomic E-state index is 12.2. The van der Waals surface area contributed by atoms with Crippen LogP contribution >= 0.6 is 11.6 Å². The standard InChI is InChI=1S/C15H13ClN2O5S/c1-24(22,23)18-11-6-7-12(13(16)8-11)14(19)17-10-4-2-9(3-5-10)15(20)21/h2-8,18H,1H3,(H,17,19)(H,20,21). The molecule has 1 amide bonds. The zero-order valence-corrected chi connectivity index (χ0v) is 14.0. The van der Waals surface area contributed by atoms with Gasteiger partial charge in [-0.3, -0.25) is 9.52 Å². The summed E-state index contributed by atoms with van der Waals surface area (Å²) in [5.41, 5.74) is 0.893. The topological polar surface area (TPSA) is 113 Å². The summed E-state index contributed by atoms with van der Waals surface area (Å²) in [4.78, 5) is 23.0. The number of sulfonamides is 1. The van der Waals surface area contributed by atoms with Gasteiger partial charge in [0.25, 0.3) is 5.91 Å². The van der Waals surface area contributed by atoms with E-state index >= 15 is 0 Å². The molecule has 7 nitrogen and oxygen atoms in total. The molecule has 0 aliphatic rings. The van der Waals surface area contributed by atoms with Gasteiger partial charge in [0.2, 0.25) is 10.0 Å². The van der Waals surface area contributed by atoms with E-state index in [1.54, 1.807) is 0 Å². The molecule has 126 valence electrons. The van der Waals surface area contributed by atoms with Crippen molar-refractivity contribution in [2.24, 2.45) is 0 Å². The maximum Gasteiger partial charge on any atom is 0.335 e. The van der Waals surface area contributed by atoms with Gasteiger partial charge in [-0.25, -0.2) is 13.2 Å². The molecule has 0 fully saturated rings. The smallest absolute Gasteiger partial charge is 0.335 e. The van der Waals surface area contributed by atoms with Crippen LogP contribution in [0.4, 0.5) is 11.4 Å². The van der Waals surface area contributed by atoms with Crippen LogP contribution in [0.3, 0.4) is 0 Å². The van der Waals surface area contributed by atoms with Gasteiger partial charge >= 0.3 is 5.97 Å². The van der Waals surface area contributed by atoms with E-state index in [0.29, 0.717) is 5.69 Å². The van der Waals surface area contributed by atoms with Crippen molar-refractivity contribution in [3.8, 4) is 0 Å². The Bertz CT molecular complexity index is 895. The number of amides is 1. The van der Waals surface area contributed by atoms with Crippen molar-refractivity contribution in [2.45, 2.75) is 0 Å². The highest BCUT2D eigenvalue weighted by Gasteiger charge is 2.13. The molecule has 2 rings (SSSR count). The summed E-state index contributed by atoms with van der Waals surface area (Å²) < 4.78 is 24.6. The molecule has 0 spiro atoms. The van der Waals surface area contributed by atoms with Crippen molar-refractivity contribution in [3.05, 3.63) is 58.6 Å². The molecule has 24 heavy (non-hydrogen) atoms. The fourth-order valence-electron chi connectivity index (χ4n) is 1.87. The Balaban J connectivity index is 2.16. The van der Waals surface area contributed by atoms with E-state index in [1.165, 1.54) is 42.5 Å². The Morgan fingerprint density at radius 3 is 2.12 bits per heavy atom. The third-order valence-electron chi connectivity index (χ3n) is 2.91. The Hall–Kier alpha value is -2.58. The molecule has 0 aliphatic heterocycles. The van der Waals surface area contributed by atoms with Crippen molar-refractivity contribution in [1.29, 1.82) is 0 Å². The second-order valence-electron chi connectivity index (χ2n) is 4.91. The van der Waals surface area contributed by atoms with Gasteiger partial charge in [-0.1, -0.05) is 11.6 Å². The zero-order valence-electron chi connectivity index (χ0n) is 12.4. The summed E-state index contributed by atoms with van der Waals surface area (Å²) in [6.07, 6.45) is 1.00. The van der Waals surface area contributed by atoms with Crippen LogP contribution in [0.25, 0.3) is 0 Å². The fraction of sp³-hybridized carbons (Fsp3) is 0.0667. The van der Waals surface area contributed by atoms with Crippen LogP contribution in [-0.2, 0) is 10.0 Å². The minimum Gasteiger partial charge on any atom is -0.478 e. The van der Waals surface area contributed by atoms with Gasteiger partial charge in [0.15, 0.2) is 0 Å². The summed E-state index contributed by atoms with van der Waals surface area (Å²) in [7, 11) is -3.44. The van der Waals surface area contributed by atoms with Crippen molar-refractivity contribution < 1.29 is 23.1 Å². The predicted molar refractivity (Wildman–Crippen MR) is 91.3 cm³/mol. The number of carbonyl (C=O) groups is 2. The highest BCUT2D eigenvalue weighted by molar-refractivity contribution is 7.92. The zero-order chi connectivity index (χ0) is 17.9. The fourth-order valence-corrected chi connectivity index (χ4v) is 2.69. The number of nitrogens with one attached hydrogen (secondary N) is 2. The number of anilines is 2. The van der Waals surface area contributed by atoms with E-state index in [1.807, 2.05) is 0 Å². The lowest BCUT2D eigenvalue weighted by atomic mass is 10.1. The number of benzene rings is 2. The monoisotopic (exact) mass is 368 g/mol. The van der Waals surface area contributed by atoms with E-state index in [4.69, 9.17) is 16.7 Å². The number of carboxylic acids is 1. The highest BCUT2D eigenvalue weighted by Crippen LogP contribution is 2.23. The average Bonchev–Trinajstić information content (AvgIpc) is 2.46. The first-order valence-electron chi connectivity index (χ1n) is 6.58. The summed E-state index contributed by atoms with van der Waals surface area (Å²) in [6.45, 7) is 0. The molecule has 0 atom stereocenters. The molecule has 0 aromatic heterocycles. The molecular formula is C15H13ClN2O5S. The second-order valence-corrected chi connectivity index (χ2v) is 7.06. The number of rotatable bonds is 5.